The van der Waals surface area contributed by atoms with Crippen LogP contribution in [0.5, 0.6) is 0 Å². The number of ketones is 1. The Hall–Kier alpha value is -0.567. The molecule has 0 heterocycles. The molecule has 0 saturated carbocycles. The zero-order valence-corrected chi connectivity index (χ0v) is 14.8. The Kier molecular flexibility index (Phi) is 6.13. The number of carbonyl (C=O) groups is 1. The predicted octanol–water partition coefficient (Wildman–Crippen LogP) is 4.33. The molecule has 18 heavy (non-hydrogen) atoms. The van der Waals surface area contributed by atoms with Gasteiger partial charge in [-0.15, -0.1) is 12.6 Å². The second-order valence-corrected chi connectivity index (χ2v) is 5.25. The fraction of sp³-hybridized carbons (Fsp3) is 0.0714. The summed E-state index contributed by atoms with van der Waals surface area (Å²) in [5.74, 6) is 0.0771. The summed E-state index contributed by atoms with van der Waals surface area (Å²) in [6.45, 7) is 1.57. The Labute approximate surface area is 130 Å². The van der Waals surface area contributed by atoms with Crippen molar-refractivity contribution in [3.8, 4) is 0 Å². The van der Waals surface area contributed by atoms with E-state index in [0.29, 0.717) is 0 Å². The van der Waals surface area contributed by atoms with Gasteiger partial charge in [-0.3, -0.25) is 4.79 Å². The third-order valence-electron chi connectivity index (χ3n) is 2.34. The minimum atomic E-state index is 0. The van der Waals surface area contributed by atoms with Crippen LogP contribution in [-0.4, -0.2) is 5.78 Å². The van der Waals surface area contributed by atoms with Gasteiger partial charge in [0.15, 0.2) is 5.78 Å². The van der Waals surface area contributed by atoms with Crippen LogP contribution in [0.15, 0.2) is 63.2 Å². The van der Waals surface area contributed by atoms with Crippen molar-refractivity contribution in [3.63, 3.8) is 0 Å². The first-order valence-electron chi connectivity index (χ1n) is 5.23. The van der Waals surface area contributed by atoms with Crippen LogP contribution in [0.1, 0.15) is 17.3 Å². The maximum absolute atomic E-state index is 11.3. The van der Waals surface area contributed by atoms with Gasteiger partial charge in [-0.2, -0.15) is 0 Å². The first kappa shape index (κ1) is 15.5. The quantitative estimate of drug-likeness (QED) is 0.514. The van der Waals surface area contributed by atoms with Crippen LogP contribution in [0.4, 0.5) is 0 Å². The molecule has 0 aliphatic carbocycles. The van der Waals surface area contributed by atoms with Gasteiger partial charge in [-0.25, -0.2) is 0 Å². The molecule has 0 spiro atoms. The molecule has 0 aliphatic rings. The Bertz CT molecular complexity index is 541. The van der Waals surface area contributed by atoms with Crippen molar-refractivity contribution in [1.82, 2.24) is 0 Å². The molecule has 0 bridgehead atoms. The van der Waals surface area contributed by atoms with Crippen LogP contribution in [0, 0.1) is 0 Å². The van der Waals surface area contributed by atoms with Gasteiger partial charge in [-0.1, -0.05) is 36.0 Å². The average Bonchev–Trinajstić information content (AvgIpc) is 2.33. The maximum atomic E-state index is 11.3. The van der Waals surface area contributed by atoms with Crippen molar-refractivity contribution in [2.45, 2.75) is 21.6 Å². The topological polar surface area (TPSA) is 17.1 Å². The van der Waals surface area contributed by atoms with Crippen molar-refractivity contribution >= 4 is 30.2 Å². The van der Waals surface area contributed by atoms with E-state index in [9.17, 15) is 4.79 Å². The summed E-state index contributed by atoms with van der Waals surface area (Å²) >= 11 is 6.03. The Balaban J connectivity index is 0.00000162. The monoisotopic (exact) mass is 324 g/mol. The van der Waals surface area contributed by atoms with Crippen molar-refractivity contribution in [3.05, 3.63) is 54.1 Å². The van der Waals surface area contributed by atoms with Crippen LogP contribution >= 0.6 is 24.4 Å². The van der Waals surface area contributed by atoms with E-state index in [1.807, 2.05) is 42.5 Å². The first-order valence-corrected chi connectivity index (χ1v) is 6.50. The van der Waals surface area contributed by atoms with Crippen molar-refractivity contribution < 1.29 is 24.3 Å². The SMILES string of the molecule is CC(=O)c1ccc(S)c(Sc2ccccc2)c1.[Zn]. The molecule has 0 fully saturated rings. The number of Topliss-reactive ketones (excluding diaryl/α,β-unsaturated/α-hetero) is 1. The third kappa shape index (κ3) is 3.98. The molecule has 2 aromatic rings. The Morgan fingerprint density at radius 2 is 1.78 bits per heavy atom. The van der Waals surface area contributed by atoms with E-state index < -0.39 is 0 Å². The van der Waals surface area contributed by atoms with Crippen molar-refractivity contribution in [2.24, 2.45) is 0 Å². The van der Waals surface area contributed by atoms with Gasteiger partial charge in [0.05, 0.1) is 0 Å². The number of hydrogen-bond acceptors (Lipinski definition) is 3. The fourth-order valence-electron chi connectivity index (χ4n) is 1.43. The molecule has 88 valence electrons. The summed E-state index contributed by atoms with van der Waals surface area (Å²) in [6, 6.07) is 15.6. The van der Waals surface area contributed by atoms with Crippen LogP contribution in [0.2, 0.25) is 0 Å². The number of rotatable bonds is 3. The van der Waals surface area contributed by atoms with Gasteiger partial charge in [0.1, 0.15) is 0 Å². The summed E-state index contributed by atoms with van der Waals surface area (Å²) in [4.78, 5) is 14.4. The molecular weight excluding hydrogens is 314 g/mol. The Morgan fingerprint density at radius 3 is 2.39 bits per heavy atom. The second kappa shape index (κ2) is 7.13. The van der Waals surface area contributed by atoms with E-state index >= 15 is 0 Å². The first-order chi connectivity index (χ1) is 8.16. The molecule has 0 amide bonds. The summed E-state index contributed by atoms with van der Waals surface area (Å²) in [5.41, 5.74) is 0.723. The van der Waals surface area contributed by atoms with Gasteiger partial charge in [0.2, 0.25) is 0 Å². The van der Waals surface area contributed by atoms with E-state index in [4.69, 9.17) is 0 Å². The molecule has 0 atom stereocenters. The molecule has 0 radical (unpaired) electrons. The number of thiol groups is 1. The normalized spacial score (nSPS) is 9.67. The molecule has 0 aromatic heterocycles. The molecular formula is C14H12OS2Zn. The minimum Gasteiger partial charge on any atom is -0.295 e. The molecule has 0 saturated heterocycles. The van der Waals surface area contributed by atoms with E-state index in [1.165, 1.54) is 0 Å². The van der Waals surface area contributed by atoms with E-state index in [1.54, 1.807) is 24.8 Å². The van der Waals surface area contributed by atoms with E-state index in [2.05, 4.69) is 12.6 Å². The van der Waals surface area contributed by atoms with Crippen LogP contribution in [0.25, 0.3) is 0 Å². The van der Waals surface area contributed by atoms with E-state index in [0.717, 1.165) is 20.2 Å². The zero-order valence-electron chi connectivity index (χ0n) is 10.1. The maximum Gasteiger partial charge on any atom is 0.159 e. The molecule has 0 aliphatic heterocycles. The van der Waals surface area contributed by atoms with E-state index in [-0.39, 0.29) is 25.3 Å². The molecule has 0 N–H and O–H groups in total. The molecule has 2 aromatic carbocycles. The second-order valence-electron chi connectivity index (χ2n) is 3.65. The van der Waals surface area contributed by atoms with Gasteiger partial charge in [-0.05, 0) is 31.2 Å². The summed E-state index contributed by atoms with van der Waals surface area (Å²) in [6.07, 6.45) is 0. The molecule has 4 heteroatoms. The van der Waals surface area contributed by atoms with Gasteiger partial charge in [0.25, 0.3) is 0 Å². The number of hydrogen-bond donors (Lipinski definition) is 1. The summed E-state index contributed by atoms with van der Waals surface area (Å²) < 4.78 is 0. The third-order valence-corrected chi connectivity index (χ3v) is 3.94. The van der Waals surface area contributed by atoms with Gasteiger partial charge >= 0.3 is 0 Å². The zero-order chi connectivity index (χ0) is 12.3. The number of carbonyl (C=O) groups excluding carboxylic acids is 1. The van der Waals surface area contributed by atoms with Crippen molar-refractivity contribution in [1.29, 1.82) is 0 Å². The van der Waals surface area contributed by atoms with Gasteiger partial charge in [0, 0.05) is 39.7 Å². The van der Waals surface area contributed by atoms with Crippen LogP contribution in [-0.2, 0) is 19.5 Å². The summed E-state index contributed by atoms with van der Waals surface area (Å²) in [5, 5.41) is 0. The fourth-order valence-corrected chi connectivity index (χ4v) is 2.61. The molecule has 0 unspecified atom stereocenters. The van der Waals surface area contributed by atoms with Crippen LogP contribution < -0.4 is 0 Å². The average molecular weight is 326 g/mol. The van der Waals surface area contributed by atoms with Crippen molar-refractivity contribution in [2.75, 3.05) is 0 Å². The summed E-state index contributed by atoms with van der Waals surface area (Å²) in [7, 11) is 0. The number of benzene rings is 2. The van der Waals surface area contributed by atoms with Crippen LogP contribution in [0.3, 0.4) is 0 Å². The molecule has 1 nitrogen and oxygen atoms in total. The van der Waals surface area contributed by atoms with Gasteiger partial charge < -0.3 is 0 Å². The Morgan fingerprint density at radius 1 is 1.11 bits per heavy atom. The predicted molar refractivity (Wildman–Crippen MR) is 74.3 cm³/mol. The minimum absolute atomic E-state index is 0. The smallest absolute Gasteiger partial charge is 0.159 e. The standard InChI is InChI=1S/C14H12OS2.Zn/c1-10(15)11-7-8-13(16)14(9-11)17-12-5-3-2-4-6-12;/h2-9,16H,1H3;. The largest absolute Gasteiger partial charge is 0.295 e. The molecule has 2 rings (SSSR count).